The summed E-state index contributed by atoms with van der Waals surface area (Å²) in [6.45, 7) is 6.89. The number of anilines is 1. The molecule has 4 rings (SSSR count). The van der Waals surface area contributed by atoms with Crippen LogP contribution in [0.3, 0.4) is 0 Å². The summed E-state index contributed by atoms with van der Waals surface area (Å²) < 4.78 is 10.9. The molecule has 0 spiro atoms. The average Bonchev–Trinajstić information content (AvgIpc) is 2.81. The van der Waals surface area contributed by atoms with Crippen molar-refractivity contribution in [1.29, 1.82) is 0 Å². The Kier molecular flexibility index (Phi) is 6.87. The fraction of sp³-hybridized carbons (Fsp3) is 0.360. The third-order valence-electron chi connectivity index (χ3n) is 5.99. The van der Waals surface area contributed by atoms with Crippen molar-refractivity contribution in [2.45, 2.75) is 13.5 Å². The van der Waals surface area contributed by atoms with E-state index in [0.717, 1.165) is 60.8 Å². The second kappa shape index (κ2) is 9.97. The van der Waals surface area contributed by atoms with Crippen LogP contribution in [0.4, 0.5) is 5.69 Å². The van der Waals surface area contributed by atoms with Crippen LogP contribution in [0.1, 0.15) is 11.1 Å². The molecule has 168 valence electrons. The summed E-state index contributed by atoms with van der Waals surface area (Å²) in [6.07, 6.45) is 1.76. The van der Waals surface area contributed by atoms with Gasteiger partial charge in [-0.3, -0.25) is 19.6 Å². The Morgan fingerprint density at radius 3 is 2.47 bits per heavy atom. The van der Waals surface area contributed by atoms with Gasteiger partial charge in [-0.05, 0) is 54.4 Å². The number of rotatable bonds is 7. The van der Waals surface area contributed by atoms with Crippen molar-refractivity contribution in [2.75, 3.05) is 52.3 Å². The maximum atomic E-state index is 12.7. The smallest absolute Gasteiger partial charge is 0.238 e. The lowest BCUT2D eigenvalue weighted by Gasteiger charge is -2.34. The number of methoxy groups -OCH3 is 2. The van der Waals surface area contributed by atoms with Crippen molar-refractivity contribution in [1.82, 2.24) is 14.8 Å². The van der Waals surface area contributed by atoms with E-state index in [1.165, 1.54) is 11.1 Å². The third kappa shape index (κ3) is 5.00. The number of hydrogen-bond acceptors (Lipinski definition) is 6. The molecule has 1 N–H and O–H groups in total. The van der Waals surface area contributed by atoms with Gasteiger partial charge in [-0.1, -0.05) is 6.07 Å². The van der Waals surface area contributed by atoms with Gasteiger partial charge in [-0.25, -0.2) is 0 Å². The molecule has 0 atom stereocenters. The minimum Gasteiger partial charge on any atom is -0.493 e. The highest BCUT2D eigenvalue weighted by Gasteiger charge is 2.20. The SMILES string of the molecule is COc1cc(C)c(CN2CCN(CC(=O)Nc3cccc4ncccc34)CC2)cc1OC. The third-order valence-corrected chi connectivity index (χ3v) is 5.99. The van der Waals surface area contributed by atoms with E-state index in [9.17, 15) is 4.79 Å². The number of ether oxygens (including phenoxy) is 2. The predicted octanol–water partition coefficient (Wildman–Crippen LogP) is 3.32. The van der Waals surface area contributed by atoms with Crippen LogP contribution in [-0.2, 0) is 11.3 Å². The highest BCUT2D eigenvalue weighted by molar-refractivity contribution is 6.01. The highest BCUT2D eigenvalue weighted by atomic mass is 16.5. The molecule has 1 amide bonds. The van der Waals surface area contributed by atoms with Gasteiger partial charge in [-0.15, -0.1) is 0 Å². The number of pyridine rings is 1. The summed E-state index contributed by atoms with van der Waals surface area (Å²) in [5.41, 5.74) is 4.11. The molecule has 1 fully saturated rings. The lowest BCUT2D eigenvalue weighted by Crippen LogP contribution is -2.48. The van der Waals surface area contributed by atoms with Crippen LogP contribution in [0, 0.1) is 6.92 Å². The fourth-order valence-electron chi connectivity index (χ4n) is 4.14. The quantitative estimate of drug-likeness (QED) is 0.615. The molecule has 3 aromatic rings. The molecule has 7 heteroatoms. The fourth-order valence-corrected chi connectivity index (χ4v) is 4.14. The monoisotopic (exact) mass is 434 g/mol. The Bertz CT molecular complexity index is 1090. The number of carbonyl (C=O) groups is 1. The van der Waals surface area contributed by atoms with Crippen molar-refractivity contribution in [3.63, 3.8) is 0 Å². The highest BCUT2D eigenvalue weighted by Crippen LogP contribution is 2.31. The minimum absolute atomic E-state index is 0.00513. The van der Waals surface area contributed by atoms with Gasteiger partial charge < -0.3 is 14.8 Å². The van der Waals surface area contributed by atoms with Crippen LogP contribution in [0.2, 0.25) is 0 Å². The zero-order valence-electron chi connectivity index (χ0n) is 18.9. The molecule has 1 aliphatic rings. The molecule has 1 saturated heterocycles. The zero-order valence-corrected chi connectivity index (χ0v) is 18.9. The molecule has 2 heterocycles. The van der Waals surface area contributed by atoms with Crippen molar-refractivity contribution in [2.24, 2.45) is 0 Å². The van der Waals surface area contributed by atoms with E-state index >= 15 is 0 Å². The first-order valence-electron chi connectivity index (χ1n) is 10.9. The summed E-state index contributed by atoms with van der Waals surface area (Å²) in [5.74, 6) is 1.52. The van der Waals surface area contributed by atoms with Crippen molar-refractivity contribution < 1.29 is 14.3 Å². The van der Waals surface area contributed by atoms with Crippen molar-refractivity contribution >= 4 is 22.5 Å². The molecule has 2 aromatic carbocycles. The van der Waals surface area contributed by atoms with Gasteiger partial charge in [0.1, 0.15) is 0 Å². The van der Waals surface area contributed by atoms with Crippen molar-refractivity contribution in [3.05, 3.63) is 59.8 Å². The molecule has 0 saturated carbocycles. The Morgan fingerprint density at radius 2 is 1.72 bits per heavy atom. The summed E-state index contributed by atoms with van der Waals surface area (Å²) in [6, 6.07) is 13.7. The number of carbonyl (C=O) groups excluding carboxylic acids is 1. The molecule has 1 aromatic heterocycles. The first kappa shape index (κ1) is 22.0. The standard InChI is InChI=1S/C25H30N4O3/c1-18-14-23(31-2)24(32-3)15-19(18)16-28-10-12-29(13-11-28)17-25(30)27-22-8-4-7-21-20(22)6-5-9-26-21/h4-9,14-15H,10-13,16-17H2,1-3H3,(H,27,30). The van der Waals surface area contributed by atoms with Crippen LogP contribution in [0.5, 0.6) is 11.5 Å². The van der Waals surface area contributed by atoms with Gasteiger partial charge in [0.25, 0.3) is 0 Å². The number of aryl methyl sites for hydroxylation is 1. The minimum atomic E-state index is 0.00513. The summed E-state index contributed by atoms with van der Waals surface area (Å²) in [4.78, 5) is 21.6. The van der Waals surface area contributed by atoms with Gasteiger partial charge in [0.05, 0.1) is 32.0 Å². The van der Waals surface area contributed by atoms with E-state index in [1.807, 2.05) is 36.4 Å². The topological polar surface area (TPSA) is 66.9 Å². The number of hydrogen-bond donors (Lipinski definition) is 1. The van der Waals surface area contributed by atoms with Crippen LogP contribution in [-0.4, -0.2) is 67.6 Å². The average molecular weight is 435 g/mol. The van der Waals surface area contributed by atoms with Gasteiger partial charge in [0.15, 0.2) is 11.5 Å². The van der Waals surface area contributed by atoms with Crippen LogP contribution < -0.4 is 14.8 Å². The van der Waals surface area contributed by atoms with Crippen molar-refractivity contribution in [3.8, 4) is 11.5 Å². The molecule has 1 aliphatic heterocycles. The molecular formula is C25H30N4O3. The zero-order chi connectivity index (χ0) is 22.5. The number of piperazine rings is 1. The maximum absolute atomic E-state index is 12.7. The van der Waals surface area contributed by atoms with Gasteiger partial charge in [0.2, 0.25) is 5.91 Å². The lowest BCUT2D eigenvalue weighted by molar-refractivity contribution is -0.117. The molecule has 32 heavy (non-hydrogen) atoms. The number of benzene rings is 2. The summed E-state index contributed by atoms with van der Waals surface area (Å²) in [7, 11) is 3.32. The number of aromatic nitrogens is 1. The van der Waals surface area contributed by atoms with Crippen LogP contribution in [0.25, 0.3) is 10.9 Å². The Hall–Kier alpha value is -3.16. The molecule has 0 bridgehead atoms. The molecule has 7 nitrogen and oxygen atoms in total. The second-order valence-electron chi connectivity index (χ2n) is 8.11. The van der Waals surface area contributed by atoms with Crippen LogP contribution >= 0.6 is 0 Å². The number of nitrogens with one attached hydrogen (secondary N) is 1. The van der Waals surface area contributed by atoms with E-state index in [4.69, 9.17) is 9.47 Å². The van der Waals surface area contributed by atoms with Gasteiger partial charge in [0, 0.05) is 44.3 Å². The first-order valence-corrected chi connectivity index (χ1v) is 10.9. The van der Waals surface area contributed by atoms with Crippen LogP contribution in [0.15, 0.2) is 48.7 Å². The summed E-state index contributed by atoms with van der Waals surface area (Å²) >= 11 is 0. The largest absolute Gasteiger partial charge is 0.493 e. The number of amides is 1. The van der Waals surface area contributed by atoms with Gasteiger partial charge in [-0.2, -0.15) is 0 Å². The normalized spacial score (nSPS) is 15.0. The Labute approximate surface area is 188 Å². The lowest BCUT2D eigenvalue weighted by atomic mass is 10.1. The second-order valence-corrected chi connectivity index (χ2v) is 8.11. The van der Waals surface area contributed by atoms with E-state index in [-0.39, 0.29) is 5.91 Å². The van der Waals surface area contributed by atoms with Gasteiger partial charge >= 0.3 is 0 Å². The van der Waals surface area contributed by atoms with E-state index in [1.54, 1.807) is 20.4 Å². The summed E-state index contributed by atoms with van der Waals surface area (Å²) in [5, 5.41) is 4.01. The molecule has 0 unspecified atom stereocenters. The van der Waals surface area contributed by atoms with E-state index in [2.05, 4.69) is 33.1 Å². The van der Waals surface area contributed by atoms with E-state index < -0.39 is 0 Å². The maximum Gasteiger partial charge on any atom is 0.238 e. The van der Waals surface area contributed by atoms with E-state index in [0.29, 0.717) is 6.54 Å². The Morgan fingerprint density at radius 1 is 1.00 bits per heavy atom. The predicted molar refractivity (Wildman–Crippen MR) is 126 cm³/mol. The Balaban J connectivity index is 1.31. The molecular weight excluding hydrogens is 404 g/mol. The first-order chi connectivity index (χ1) is 15.6. The molecule has 0 radical (unpaired) electrons. The molecule has 0 aliphatic carbocycles. The number of fused-ring (bicyclic) bond motifs is 1. The number of nitrogens with zero attached hydrogens (tertiary/aromatic N) is 3.